The Balaban J connectivity index is 1.84. The summed E-state index contributed by atoms with van der Waals surface area (Å²) >= 11 is 0. The molecule has 0 saturated heterocycles. The van der Waals surface area contributed by atoms with E-state index in [1.807, 2.05) is 4.68 Å². The van der Waals surface area contributed by atoms with Crippen LogP contribution >= 0.6 is 0 Å². The Hall–Kier alpha value is -2.20. The monoisotopic (exact) mass is 309 g/mol. The van der Waals surface area contributed by atoms with Crippen LogP contribution in [0.1, 0.15) is 43.1 Å². The summed E-state index contributed by atoms with van der Waals surface area (Å²) in [5, 5.41) is 20.3. The number of benzene rings is 2. The maximum atomic E-state index is 9.48. The molecular formula is C19H23N3O. The van der Waals surface area contributed by atoms with Crippen LogP contribution in [0.2, 0.25) is 0 Å². The minimum atomic E-state index is -0.0425. The molecule has 0 atom stereocenters. The number of hydrogen-bond acceptors (Lipinski definition) is 3. The van der Waals surface area contributed by atoms with E-state index in [4.69, 9.17) is 0 Å². The Morgan fingerprint density at radius 2 is 1.87 bits per heavy atom. The van der Waals surface area contributed by atoms with Gasteiger partial charge < -0.3 is 5.11 Å². The predicted octanol–water partition coefficient (Wildman–Crippen LogP) is 3.70. The van der Waals surface area contributed by atoms with Crippen LogP contribution in [0.5, 0.6) is 0 Å². The molecule has 0 fully saturated rings. The summed E-state index contributed by atoms with van der Waals surface area (Å²) in [5.74, 6) is 0. The highest BCUT2D eigenvalue weighted by Gasteiger charge is 2.12. The average Bonchev–Trinajstić information content (AvgIpc) is 2.97. The molecule has 2 aromatic carbocycles. The molecular weight excluding hydrogens is 286 g/mol. The van der Waals surface area contributed by atoms with Gasteiger partial charge in [-0.05, 0) is 35.2 Å². The second-order valence-electron chi connectivity index (χ2n) is 5.94. The van der Waals surface area contributed by atoms with Gasteiger partial charge in [0.05, 0.1) is 18.8 Å². The highest BCUT2D eigenvalue weighted by atomic mass is 16.3. The van der Waals surface area contributed by atoms with E-state index in [1.165, 1.54) is 29.2 Å². The molecule has 0 amide bonds. The van der Waals surface area contributed by atoms with Gasteiger partial charge in [0.1, 0.15) is 5.69 Å². The molecule has 120 valence electrons. The van der Waals surface area contributed by atoms with Gasteiger partial charge in [-0.25, -0.2) is 4.68 Å². The molecule has 4 heteroatoms. The van der Waals surface area contributed by atoms with Crippen molar-refractivity contribution in [3.8, 4) is 0 Å². The molecule has 0 unspecified atom stereocenters. The molecule has 0 aliphatic heterocycles. The van der Waals surface area contributed by atoms with Crippen molar-refractivity contribution in [2.45, 2.75) is 45.8 Å². The van der Waals surface area contributed by atoms with E-state index in [1.54, 1.807) is 0 Å². The number of rotatable bonds is 7. The van der Waals surface area contributed by atoms with Gasteiger partial charge in [0.15, 0.2) is 0 Å². The summed E-state index contributed by atoms with van der Waals surface area (Å²) in [6.07, 6.45) is 4.39. The number of nitrogens with zero attached hydrogens (tertiary/aromatic N) is 3. The third kappa shape index (κ3) is 3.59. The summed E-state index contributed by atoms with van der Waals surface area (Å²) in [6.45, 7) is 2.84. The van der Waals surface area contributed by atoms with Gasteiger partial charge in [0.2, 0.25) is 0 Å². The second kappa shape index (κ2) is 7.38. The Morgan fingerprint density at radius 3 is 2.65 bits per heavy atom. The standard InChI is InChI=1S/C19H23N3O/c1-2-3-4-9-19-18(14-23)20-21-22(19)13-15-10-11-16-7-5-6-8-17(16)12-15/h5-8,10-12,23H,2-4,9,13-14H2,1H3. The van der Waals surface area contributed by atoms with E-state index < -0.39 is 0 Å². The second-order valence-corrected chi connectivity index (χ2v) is 5.94. The number of aromatic nitrogens is 3. The fraction of sp³-hybridized carbons (Fsp3) is 0.368. The lowest BCUT2D eigenvalue weighted by molar-refractivity contribution is 0.275. The van der Waals surface area contributed by atoms with Crippen LogP contribution in [0.25, 0.3) is 10.8 Å². The van der Waals surface area contributed by atoms with Gasteiger partial charge in [0.25, 0.3) is 0 Å². The molecule has 3 aromatic rings. The highest BCUT2D eigenvalue weighted by Crippen LogP contribution is 2.18. The number of aliphatic hydroxyl groups is 1. The molecule has 0 spiro atoms. The SMILES string of the molecule is CCCCCc1c(CO)nnn1Cc1ccc2ccccc2c1. The number of aliphatic hydroxyl groups excluding tert-OH is 1. The Morgan fingerprint density at radius 1 is 1.04 bits per heavy atom. The van der Waals surface area contributed by atoms with Crippen molar-refractivity contribution in [2.75, 3.05) is 0 Å². The van der Waals surface area contributed by atoms with Crippen LogP contribution in [-0.4, -0.2) is 20.1 Å². The highest BCUT2D eigenvalue weighted by molar-refractivity contribution is 5.82. The van der Waals surface area contributed by atoms with Crippen LogP contribution in [0.15, 0.2) is 42.5 Å². The van der Waals surface area contributed by atoms with Gasteiger partial charge in [-0.1, -0.05) is 61.4 Å². The van der Waals surface area contributed by atoms with E-state index in [-0.39, 0.29) is 6.61 Å². The summed E-state index contributed by atoms with van der Waals surface area (Å²) in [6, 6.07) is 14.8. The summed E-state index contributed by atoms with van der Waals surface area (Å²) in [5.41, 5.74) is 2.98. The molecule has 1 aromatic heterocycles. The third-order valence-electron chi connectivity index (χ3n) is 4.23. The molecule has 1 N–H and O–H groups in total. The summed E-state index contributed by atoms with van der Waals surface area (Å²) in [4.78, 5) is 0. The molecule has 4 nitrogen and oxygen atoms in total. The zero-order chi connectivity index (χ0) is 16.1. The molecule has 0 saturated carbocycles. The van der Waals surface area contributed by atoms with E-state index in [0.717, 1.165) is 18.5 Å². The van der Waals surface area contributed by atoms with Gasteiger partial charge in [-0.3, -0.25) is 0 Å². The zero-order valence-electron chi connectivity index (χ0n) is 13.6. The Bertz CT molecular complexity index is 779. The Labute approximate surface area is 136 Å². The minimum Gasteiger partial charge on any atom is -0.390 e. The van der Waals surface area contributed by atoms with Crippen LogP contribution in [-0.2, 0) is 19.6 Å². The van der Waals surface area contributed by atoms with Crippen LogP contribution in [0.3, 0.4) is 0 Å². The fourth-order valence-corrected chi connectivity index (χ4v) is 2.94. The first-order valence-electron chi connectivity index (χ1n) is 8.31. The number of unbranched alkanes of at least 4 members (excludes halogenated alkanes) is 2. The zero-order valence-corrected chi connectivity index (χ0v) is 13.6. The third-order valence-corrected chi connectivity index (χ3v) is 4.23. The smallest absolute Gasteiger partial charge is 0.111 e. The molecule has 23 heavy (non-hydrogen) atoms. The minimum absolute atomic E-state index is 0.0425. The van der Waals surface area contributed by atoms with E-state index in [2.05, 4.69) is 59.7 Å². The van der Waals surface area contributed by atoms with Crippen molar-refractivity contribution < 1.29 is 5.11 Å². The van der Waals surface area contributed by atoms with Gasteiger partial charge in [-0.15, -0.1) is 5.10 Å². The molecule has 0 aliphatic carbocycles. The lowest BCUT2D eigenvalue weighted by Crippen LogP contribution is -2.08. The van der Waals surface area contributed by atoms with E-state index in [9.17, 15) is 5.11 Å². The van der Waals surface area contributed by atoms with Crippen LogP contribution < -0.4 is 0 Å². The average molecular weight is 309 g/mol. The van der Waals surface area contributed by atoms with Crippen LogP contribution in [0, 0.1) is 0 Å². The maximum absolute atomic E-state index is 9.48. The first-order chi connectivity index (χ1) is 11.3. The predicted molar refractivity (Wildman–Crippen MR) is 92.2 cm³/mol. The lowest BCUT2D eigenvalue weighted by Gasteiger charge is -2.08. The van der Waals surface area contributed by atoms with Gasteiger partial charge in [-0.2, -0.15) is 0 Å². The van der Waals surface area contributed by atoms with Crippen LogP contribution in [0.4, 0.5) is 0 Å². The maximum Gasteiger partial charge on any atom is 0.111 e. The van der Waals surface area contributed by atoms with Crippen molar-refractivity contribution in [3.63, 3.8) is 0 Å². The normalized spacial score (nSPS) is 11.2. The first-order valence-corrected chi connectivity index (χ1v) is 8.31. The number of hydrogen-bond donors (Lipinski definition) is 1. The van der Waals surface area contributed by atoms with Crippen molar-refractivity contribution in [1.82, 2.24) is 15.0 Å². The van der Waals surface area contributed by atoms with Crippen molar-refractivity contribution >= 4 is 10.8 Å². The van der Waals surface area contributed by atoms with Crippen molar-refractivity contribution in [3.05, 3.63) is 59.4 Å². The molecule has 0 bridgehead atoms. The van der Waals surface area contributed by atoms with Crippen molar-refractivity contribution in [2.24, 2.45) is 0 Å². The molecule has 0 aliphatic rings. The Kier molecular flexibility index (Phi) is 5.03. The quantitative estimate of drug-likeness (QED) is 0.677. The molecule has 3 rings (SSSR count). The molecule has 0 radical (unpaired) electrons. The van der Waals surface area contributed by atoms with Crippen molar-refractivity contribution in [1.29, 1.82) is 0 Å². The van der Waals surface area contributed by atoms with E-state index in [0.29, 0.717) is 12.2 Å². The molecule has 1 heterocycles. The first kappa shape index (κ1) is 15.7. The lowest BCUT2D eigenvalue weighted by atomic mass is 10.1. The summed E-state index contributed by atoms with van der Waals surface area (Å²) in [7, 11) is 0. The van der Waals surface area contributed by atoms with E-state index >= 15 is 0 Å². The summed E-state index contributed by atoms with van der Waals surface area (Å²) < 4.78 is 1.94. The largest absolute Gasteiger partial charge is 0.390 e. The van der Waals surface area contributed by atoms with Gasteiger partial charge in [0, 0.05) is 0 Å². The topological polar surface area (TPSA) is 50.9 Å². The number of fused-ring (bicyclic) bond motifs is 1. The fourth-order valence-electron chi connectivity index (χ4n) is 2.94. The van der Waals surface area contributed by atoms with Gasteiger partial charge >= 0.3 is 0 Å².